The Morgan fingerprint density at radius 1 is 1.44 bits per heavy atom. The highest BCUT2D eigenvalue weighted by molar-refractivity contribution is 7.71. The largest absolute Gasteiger partial charge is 0.335 e. The molecule has 4 heteroatoms. The first-order chi connectivity index (χ1) is 7.59. The fraction of sp³-hybridized carbons (Fsp3) is 0.417. The number of hydrogen-bond donors (Lipinski definition) is 1. The van der Waals surface area contributed by atoms with Crippen LogP contribution in [0.4, 0.5) is 0 Å². The summed E-state index contributed by atoms with van der Waals surface area (Å²) >= 11 is 7.15. The Kier molecular flexibility index (Phi) is 3.30. The van der Waals surface area contributed by atoms with Crippen LogP contribution < -0.4 is 0 Å². The van der Waals surface area contributed by atoms with Crippen LogP contribution in [0.5, 0.6) is 0 Å². The average molecular weight is 252 g/mol. The minimum atomic E-state index is 0.345. The second kappa shape index (κ2) is 4.55. The van der Waals surface area contributed by atoms with Gasteiger partial charge in [0.05, 0.1) is 6.04 Å². The number of thiophene rings is 1. The van der Waals surface area contributed by atoms with Crippen molar-refractivity contribution in [3.63, 3.8) is 0 Å². The van der Waals surface area contributed by atoms with E-state index in [2.05, 4.69) is 47.1 Å². The molecule has 86 valence electrons. The van der Waals surface area contributed by atoms with E-state index in [4.69, 9.17) is 12.2 Å². The molecule has 0 radical (unpaired) electrons. The van der Waals surface area contributed by atoms with Crippen molar-refractivity contribution in [2.45, 2.75) is 26.8 Å². The molecule has 1 N–H and O–H groups in total. The van der Waals surface area contributed by atoms with Gasteiger partial charge in [0.25, 0.3) is 0 Å². The molecule has 2 aromatic heterocycles. The molecule has 0 saturated carbocycles. The number of H-pyrrole nitrogens is 1. The van der Waals surface area contributed by atoms with Gasteiger partial charge in [0, 0.05) is 16.8 Å². The van der Waals surface area contributed by atoms with Gasteiger partial charge in [-0.3, -0.25) is 0 Å². The summed E-state index contributed by atoms with van der Waals surface area (Å²) in [4.78, 5) is 4.55. The van der Waals surface area contributed by atoms with E-state index in [-0.39, 0.29) is 0 Å². The number of nitrogens with zero attached hydrogens (tertiary/aromatic N) is 1. The maximum Gasteiger partial charge on any atom is 0.177 e. The van der Waals surface area contributed by atoms with Crippen molar-refractivity contribution in [3.05, 3.63) is 39.1 Å². The van der Waals surface area contributed by atoms with E-state index >= 15 is 0 Å². The van der Waals surface area contributed by atoms with Crippen LogP contribution in [0.2, 0.25) is 0 Å². The van der Waals surface area contributed by atoms with Crippen LogP contribution in [-0.2, 0) is 0 Å². The summed E-state index contributed by atoms with van der Waals surface area (Å²) in [5.74, 6) is 0.528. The minimum Gasteiger partial charge on any atom is -0.335 e. The SMILES string of the molecule is Cc1cn(C(c2cccs2)C(C)C)c(=S)[nH]1. The number of aryl methyl sites for hydroxylation is 1. The molecule has 2 aromatic rings. The monoisotopic (exact) mass is 252 g/mol. The van der Waals surface area contributed by atoms with Crippen molar-refractivity contribution in [2.24, 2.45) is 5.92 Å². The van der Waals surface area contributed by atoms with Crippen LogP contribution in [0.3, 0.4) is 0 Å². The van der Waals surface area contributed by atoms with Crippen molar-refractivity contribution in [2.75, 3.05) is 0 Å². The van der Waals surface area contributed by atoms with Gasteiger partial charge in [-0.2, -0.15) is 0 Å². The Morgan fingerprint density at radius 3 is 2.62 bits per heavy atom. The lowest BCUT2D eigenvalue weighted by Crippen LogP contribution is -2.14. The van der Waals surface area contributed by atoms with E-state index < -0.39 is 0 Å². The summed E-state index contributed by atoms with van der Waals surface area (Å²) in [6.07, 6.45) is 2.10. The highest BCUT2D eigenvalue weighted by Gasteiger charge is 2.19. The van der Waals surface area contributed by atoms with E-state index in [0.717, 1.165) is 10.5 Å². The molecule has 0 fully saturated rings. The van der Waals surface area contributed by atoms with Crippen molar-refractivity contribution >= 4 is 23.6 Å². The van der Waals surface area contributed by atoms with Gasteiger partial charge in [0.1, 0.15) is 0 Å². The Labute approximate surface area is 105 Å². The molecule has 2 heterocycles. The van der Waals surface area contributed by atoms with Crippen molar-refractivity contribution < 1.29 is 0 Å². The van der Waals surface area contributed by atoms with Crippen LogP contribution in [0.25, 0.3) is 0 Å². The number of imidazole rings is 1. The highest BCUT2D eigenvalue weighted by atomic mass is 32.1. The van der Waals surface area contributed by atoms with E-state index in [1.165, 1.54) is 4.88 Å². The van der Waals surface area contributed by atoms with Gasteiger partial charge in [-0.05, 0) is 36.5 Å². The van der Waals surface area contributed by atoms with Gasteiger partial charge < -0.3 is 9.55 Å². The standard InChI is InChI=1S/C12H16N2S2/c1-8(2)11(10-5-4-6-16-10)14-7-9(3)13-12(14)15/h4-8,11H,1-3H3,(H,13,15). The van der Waals surface area contributed by atoms with E-state index in [1.807, 2.05) is 6.92 Å². The van der Waals surface area contributed by atoms with Gasteiger partial charge in [0.2, 0.25) is 0 Å². The maximum atomic E-state index is 5.35. The first-order valence-electron chi connectivity index (χ1n) is 5.40. The predicted octanol–water partition coefficient (Wildman–Crippen LogP) is 4.16. The third kappa shape index (κ3) is 2.13. The zero-order chi connectivity index (χ0) is 11.7. The zero-order valence-corrected chi connectivity index (χ0v) is 11.4. The fourth-order valence-electron chi connectivity index (χ4n) is 1.99. The third-order valence-corrected chi connectivity index (χ3v) is 3.89. The van der Waals surface area contributed by atoms with Gasteiger partial charge in [-0.1, -0.05) is 19.9 Å². The molecule has 0 aliphatic rings. The van der Waals surface area contributed by atoms with Crippen LogP contribution in [0, 0.1) is 17.6 Å². The molecule has 2 rings (SSSR count). The van der Waals surface area contributed by atoms with E-state index in [0.29, 0.717) is 12.0 Å². The maximum absolute atomic E-state index is 5.35. The summed E-state index contributed by atoms with van der Waals surface area (Å²) in [7, 11) is 0. The fourth-order valence-corrected chi connectivity index (χ4v) is 3.31. The molecule has 1 unspecified atom stereocenters. The second-order valence-electron chi connectivity index (χ2n) is 4.35. The topological polar surface area (TPSA) is 20.7 Å². The molecular formula is C12H16N2S2. The summed E-state index contributed by atoms with van der Waals surface area (Å²) in [5, 5.41) is 2.12. The zero-order valence-electron chi connectivity index (χ0n) is 9.73. The lowest BCUT2D eigenvalue weighted by atomic mass is 10.0. The molecule has 16 heavy (non-hydrogen) atoms. The molecule has 2 nitrogen and oxygen atoms in total. The summed E-state index contributed by atoms with van der Waals surface area (Å²) in [5.41, 5.74) is 1.12. The molecule has 0 saturated heterocycles. The van der Waals surface area contributed by atoms with Crippen LogP contribution in [-0.4, -0.2) is 9.55 Å². The van der Waals surface area contributed by atoms with Gasteiger partial charge in [-0.15, -0.1) is 11.3 Å². The number of hydrogen-bond acceptors (Lipinski definition) is 2. The van der Waals surface area contributed by atoms with Gasteiger partial charge in [0.15, 0.2) is 4.77 Å². The van der Waals surface area contributed by atoms with Gasteiger partial charge in [-0.25, -0.2) is 0 Å². The smallest absolute Gasteiger partial charge is 0.177 e. The second-order valence-corrected chi connectivity index (χ2v) is 5.72. The summed E-state index contributed by atoms with van der Waals surface area (Å²) in [6, 6.07) is 4.62. The molecule has 1 atom stereocenters. The quantitative estimate of drug-likeness (QED) is 0.813. The van der Waals surface area contributed by atoms with Crippen LogP contribution in [0.15, 0.2) is 23.7 Å². The molecular weight excluding hydrogens is 236 g/mol. The Bertz CT molecular complexity index is 505. The van der Waals surface area contributed by atoms with Crippen LogP contribution >= 0.6 is 23.6 Å². The lowest BCUT2D eigenvalue weighted by molar-refractivity contribution is 0.439. The molecule has 0 spiro atoms. The van der Waals surface area contributed by atoms with Crippen molar-refractivity contribution in [3.8, 4) is 0 Å². The van der Waals surface area contributed by atoms with Crippen molar-refractivity contribution in [1.82, 2.24) is 9.55 Å². The van der Waals surface area contributed by atoms with E-state index in [1.54, 1.807) is 11.3 Å². The number of nitrogens with one attached hydrogen (secondary N) is 1. The molecule has 0 aliphatic carbocycles. The van der Waals surface area contributed by atoms with Gasteiger partial charge >= 0.3 is 0 Å². The minimum absolute atomic E-state index is 0.345. The van der Waals surface area contributed by atoms with Crippen LogP contribution in [0.1, 0.15) is 30.5 Å². The first kappa shape index (κ1) is 11.6. The summed E-state index contributed by atoms with van der Waals surface area (Å²) < 4.78 is 2.98. The Balaban J connectivity index is 2.49. The number of aromatic nitrogens is 2. The third-order valence-electron chi connectivity index (χ3n) is 2.64. The predicted molar refractivity (Wildman–Crippen MR) is 71.6 cm³/mol. The molecule has 0 amide bonds. The molecule has 0 bridgehead atoms. The molecule has 0 aliphatic heterocycles. The normalized spacial score (nSPS) is 13.2. The number of aromatic amines is 1. The number of rotatable bonds is 3. The lowest BCUT2D eigenvalue weighted by Gasteiger charge is -2.21. The highest BCUT2D eigenvalue weighted by Crippen LogP contribution is 2.30. The Hall–Kier alpha value is -0.870. The average Bonchev–Trinajstić information content (AvgIpc) is 2.78. The Morgan fingerprint density at radius 2 is 2.19 bits per heavy atom. The first-order valence-corrected chi connectivity index (χ1v) is 6.69. The summed E-state index contributed by atoms with van der Waals surface area (Å²) in [6.45, 7) is 6.50. The van der Waals surface area contributed by atoms with E-state index in [9.17, 15) is 0 Å². The van der Waals surface area contributed by atoms with Crippen molar-refractivity contribution in [1.29, 1.82) is 0 Å². The molecule has 0 aromatic carbocycles.